The molecule has 0 aliphatic rings. The maximum absolute atomic E-state index is 13.0. The predicted molar refractivity (Wildman–Crippen MR) is 129 cm³/mol. The number of pyridine rings is 1. The van der Waals surface area contributed by atoms with Gasteiger partial charge in [-0.1, -0.05) is 13.0 Å². The first-order valence-electron chi connectivity index (χ1n) is 10.8. The molecule has 33 heavy (non-hydrogen) atoms. The van der Waals surface area contributed by atoms with Crippen molar-refractivity contribution in [2.45, 2.75) is 32.9 Å². The number of aliphatic hydroxyl groups excluding tert-OH is 1. The van der Waals surface area contributed by atoms with E-state index in [9.17, 15) is 9.90 Å². The molecule has 0 fully saturated rings. The van der Waals surface area contributed by atoms with Crippen LogP contribution in [0.25, 0.3) is 0 Å². The summed E-state index contributed by atoms with van der Waals surface area (Å²) in [4.78, 5) is 18.7. The van der Waals surface area contributed by atoms with Crippen molar-refractivity contribution in [3.63, 3.8) is 0 Å². The molecule has 1 heterocycles. The van der Waals surface area contributed by atoms with E-state index in [1.807, 2.05) is 13.0 Å². The molecule has 1 atom stereocenters. The monoisotopic (exact) mass is 455 g/mol. The third-order valence-electron chi connectivity index (χ3n) is 5.18. The van der Waals surface area contributed by atoms with Crippen molar-refractivity contribution in [2.24, 2.45) is 5.73 Å². The van der Waals surface area contributed by atoms with Gasteiger partial charge < -0.3 is 31.1 Å². The molecule has 0 aliphatic carbocycles. The highest BCUT2D eigenvalue weighted by molar-refractivity contribution is 6.06. The number of hydrogen-bond donors (Lipinski definition) is 6. The smallest absolute Gasteiger partial charge is 0.260 e. The molecule has 7 N–H and O–H groups in total. The normalized spacial score (nSPS) is 11.5. The van der Waals surface area contributed by atoms with E-state index in [-0.39, 0.29) is 24.0 Å². The minimum absolute atomic E-state index is 0.0595. The average Bonchev–Trinajstić information content (AvgIpc) is 2.84. The lowest BCUT2D eigenvalue weighted by atomic mass is 9.99. The molecule has 10 nitrogen and oxygen atoms in total. The summed E-state index contributed by atoms with van der Waals surface area (Å²) in [6.45, 7) is 5.46. The van der Waals surface area contributed by atoms with Crippen LogP contribution in [-0.4, -0.2) is 65.9 Å². The second-order valence-corrected chi connectivity index (χ2v) is 7.41. The van der Waals surface area contributed by atoms with Crippen LogP contribution >= 0.6 is 0 Å². The van der Waals surface area contributed by atoms with Gasteiger partial charge in [0.25, 0.3) is 5.91 Å². The Morgan fingerprint density at radius 3 is 2.73 bits per heavy atom. The average molecular weight is 456 g/mol. The summed E-state index contributed by atoms with van der Waals surface area (Å²) in [5, 5.41) is 31.2. The molecular weight excluding hydrogens is 422 g/mol. The van der Waals surface area contributed by atoms with E-state index in [0.717, 1.165) is 37.0 Å². The van der Waals surface area contributed by atoms with Crippen LogP contribution in [0.2, 0.25) is 0 Å². The van der Waals surface area contributed by atoms with E-state index < -0.39 is 11.9 Å². The van der Waals surface area contributed by atoms with Gasteiger partial charge in [-0.25, -0.2) is 4.98 Å². The largest absolute Gasteiger partial charge is 0.496 e. The van der Waals surface area contributed by atoms with Crippen LogP contribution < -0.4 is 21.1 Å². The van der Waals surface area contributed by atoms with E-state index in [0.29, 0.717) is 17.9 Å². The number of rotatable bonds is 12. The highest BCUT2D eigenvalue weighted by atomic mass is 16.5. The van der Waals surface area contributed by atoms with Gasteiger partial charge in [0.1, 0.15) is 17.3 Å². The van der Waals surface area contributed by atoms with Gasteiger partial charge in [0.05, 0.1) is 31.7 Å². The van der Waals surface area contributed by atoms with Crippen molar-refractivity contribution in [1.82, 2.24) is 15.2 Å². The Hall–Kier alpha value is -3.34. The topological polar surface area (TPSA) is 160 Å². The van der Waals surface area contributed by atoms with Gasteiger partial charge in [-0.2, -0.15) is 0 Å². The van der Waals surface area contributed by atoms with E-state index in [4.69, 9.17) is 21.3 Å². The highest BCUT2D eigenvalue weighted by Crippen LogP contribution is 2.25. The van der Waals surface area contributed by atoms with Gasteiger partial charge in [-0.3, -0.25) is 15.6 Å². The van der Waals surface area contributed by atoms with Crippen LogP contribution in [0.5, 0.6) is 5.75 Å². The van der Waals surface area contributed by atoms with Crippen molar-refractivity contribution in [3.05, 3.63) is 52.7 Å². The zero-order valence-electron chi connectivity index (χ0n) is 19.3. The quantitative estimate of drug-likeness (QED) is 0.161. The minimum Gasteiger partial charge on any atom is -0.496 e. The number of nitrogens with zero attached hydrogens (tertiary/aromatic N) is 2. The number of aliphatic hydroxyl groups is 1. The molecule has 0 bridgehead atoms. The first-order valence-corrected chi connectivity index (χ1v) is 10.8. The Kier molecular flexibility index (Phi) is 9.92. The summed E-state index contributed by atoms with van der Waals surface area (Å²) in [6.07, 6.45) is 1.73. The van der Waals surface area contributed by atoms with Gasteiger partial charge in [0, 0.05) is 6.54 Å². The van der Waals surface area contributed by atoms with Crippen molar-refractivity contribution in [1.29, 1.82) is 10.8 Å². The predicted octanol–water partition coefficient (Wildman–Crippen LogP) is 1.57. The first kappa shape index (κ1) is 25.9. The van der Waals surface area contributed by atoms with Crippen molar-refractivity contribution in [2.75, 3.05) is 32.1 Å². The van der Waals surface area contributed by atoms with Crippen LogP contribution in [0.15, 0.2) is 30.3 Å². The Morgan fingerprint density at radius 1 is 1.36 bits per heavy atom. The molecule has 1 unspecified atom stereocenters. The van der Waals surface area contributed by atoms with E-state index >= 15 is 0 Å². The summed E-state index contributed by atoms with van der Waals surface area (Å²) >= 11 is 0. The number of benzene rings is 1. The number of nitrogens with two attached hydrogens (primary N) is 1. The van der Waals surface area contributed by atoms with E-state index in [1.54, 1.807) is 31.2 Å². The number of ether oxygens (including phenoxy) is 1. The maximum Gasteiger partial charge on any atom is 0.260 e. The number of methoxy groups -OCH3 is 1. The standard InChI is InChI=1S/C23H33N7O3/c1-4-27-9-8-16-11-20(33-3)18(10-17(16)12-24)23(32)29-21-7-5-6-19(28-21)22(26)30(14-25)15(2)13-31/h5-7,10-11,14-15,25-27,31H,4,8-9,12-13,24H2,1-3H3,(H,28,29,32). The van der Waals surface area contributed by atoms with Crippen molar-refractivity contribution in [3.8, 4) is 5.75 Å². The van der Waals surface area contributed by atoms with Crippen molar-refractivity contribution >= 4 is 23.9 Å². The number of nitrogens with one attached hydrogen (secondary N) is 4. The molecule has 0 radical (unpaired) electrons. The summed E-state index contributed by atoms with van der Waals surface area (Å²) < 4.78 is 5.47. The van der Waals surface area contributed by atoms with Crippen LogP contribution in [0, 0.1) is 10.8 Å². The molecule has 1 aromatic carbocycles. The van der Waals surface area contributed by atoms with E-state index in [1.165, 1.54) is 12.0 Å². The number of aromatic nitrogens is 1. The summed E-state index contributed by atoms with van der Waals surface area (Å²) in [5.41, 5.74) is 8.40. The van der Waals surface area contributed by atoms with Gasteiger partial charge in [-0.15, -0.1) is 0 Å². The molecule has 2 rings (SSSR count). The Bertz CT molecular complexity index is 981. The molecule has 0 spiro atoms. The van der Waals surface area contributed by atoms with Crippen LogP contribution in [0.4, 0.5) is 5.82 Å². The highest BCUT2D eigenvalue weighted by Gasteiger charge is 2.19. The van der Waals surface area contributed by atoms with Gasteiger partial charge in [0.2, 0.25) is 0 Å². The number of likely N-dealkylation sites (N-methyl/N-ethyl adjacent to an activating group) is 1. The molecular formula is C23H33N7O3. The molecule has 10 heteroatoms. The lowest BCUT2D eigenvalue weighted by Crippen LogP contribution is -2.39. The number of anilines is 1. The van der Waals surface area contributed by atoms with Crippen LogP contribution in [0.3, 0.4) is 0 Å². The van der Waals surface area contributed by atoms with Gasteiger partial charge >= 0.3 is 0 Å². The van der Waals surface area contributed by atoms with E-state index in [2.05, 4.69) is 15.6 Å². The molecule has 0 saturated heterocycles. The fourth-order valence-electron chi connectivity index (χ4n) is 3.29. The number of amidine groups is 1. The lowest BCUT2D eigenvalue weighted by molar-refractivity contribution is 0.102. The third-order valence-corrected chi connectivity index (χ3v) is 5.18. The zero-order valence-corrected chi connectivity index (χ0v) is 19.3. The maximum atomic E-state index is 13.0. The molecule has 2 aromatic rings. The fraction of sp³-hybridized carbons (Fsp3) is 0.391. The summed E-state index contributed by atoms with van der Waals surface area (Å²) in [5.74, 6) is 0.211. The van der Waals surface area contributed by atoms with Crippen molar-refractivity contribution < 1.29 is 14.6 Å². The number of hydrogen-bond acceptors (Lipinski definition) is 8. The Morgan fingerprint density at radius 2 is 2.12 bits per heavy atom. The number of amides is 1. The van der Waals surface area contributed by atoms with Gasteiger partial charge in [0.15, 0.2) is 5.84 Å². The molecule has 0 saturated carbocycles. The molecule has 0 aliphatic heterocycles. The minimum atomic E-state index is -0.458. The first-order chi connectivity index (χ1) is 15.9. The Labute approximate surface area is 194 Å². The van der Waals surface area contributed by atoms with Gasteiger partial charge in [-0.05, 0) is 61.8 Å². The molecule has 1 aromatic heterocycles. The second-order valence-electron chi connectivity index (χ2n) is 7.41. The number of carbonyl (C=O) groups excluding carboxylic acids is 1. The van der Waals surface area contributed by atoms with Crippen LogP contribution in [0.1, 0.15) is 41.0 Å². The molecule has 1 amide bonds. The number of carbonyl (C=O) groups is 1. The SMILES string of the molecule is CCNCCc1cc(OC)c(C(=O)Nc2cccc(C(=N)N(C=N)C(C)CO)n2)cc1CN. The molecule has 178 valence electrons. The fourth-order valence-corrected chi connectivity index (χ4v) is 3.29. The third kappa shape index (κ3) is 6.58. The zero-order chi connectivity index (χ0) is 24.4. The summed E-state index contributed by atoms with van der Waals surface area (Å²) in [7, 11) is 1.51. The Balaban J connectivity index is 2.28. The second kappa shape index (κ2) is 12.6. The lowest BCUT2D eigenvalue weighted by Gasteiger charge is -2.25. The van der Waals surface area contributed by atoms with Crippen LogP contribution in [-0.2, 0) is 13.0 Å². The summed E-state index contributed by atoms with van der Waals surface area (Å²) in [6, 6.07) is 7.99.